The van der Waals surface area contributed by atoms with Crippen LogP contribution in [0.3, 0.4) is 0 Å². The molecular formula is C25H26N4O3S2. The Hall–Kier alpha value is -3.04. The first-order valence-electron chi connectivity index (χ1n) is 11.3. The lowest BCUT2D eigenvalue weighted by molar-refractivity contribution is 0.0683. The maximum Gasteiger partial charge on any atom is 0.289 e. The molecule has 34 heavy (non-hydrogen) atoms. The van der Waals surface area contributed by atoms with Gasteiger partial charge >= 0.3 is 0 Å². The van der Waals surface area contributed by atoms with E-state index in [-0.39, 0.29) is 23.1 Å². The van der Waals surface area contributed by atoms with Gasteiger partial charge in [0.15, 0.2) is 10.9 Å². The topological polar surface area (TPSA) is 88.3 Å². The second kappa shape index (κ2) is 8.96. The highest BCUT2D eigenvalue weighted by atomic mass is 32.1. The van der Waals surface area contributed by atoms with E-state index in [1.54, 1.807) is 5.38 Å². The largest absolute Gasteiger partial charge is 0.451 e. The Morgan fingerprint density at radius 3 is 2.56 bits per heavy atom. The van der Waals surface area contributed by atoms with E-state index >= 15 is 0 Å². The summed E-state index contributed by atoms with van der Waals surface area (Å²) in [6.07, 6.45) is 1.62. The van der Waals surface area contributed by atoms with Crippen LogP contribution in [0.5, 0.6) is 0 Å². The number of amides is 2. The number of aromatic nitrogens is 2. The van der Waals surface area contributed by atoms with E-state index in [1.165, 1.54) is 22.7 Å². The molecule has 1 aliphatic rings. The lowest BCUT2D eigenvalue weighted by Crippen LogP contribution is -2.37. The molecule has 3 aromatic heterocycles. The molecular weight excluding hydrogens is 468 g/mol. The molecule has 1 aliphatic heterocycles. The number of likely N-dealkylation sites (tertiary alicyclic amines) is 1. The number of hydrogen-bond donors (Lipinski definition) is 1. The number of fused-ring (bicyclic) bond motifs is 1. The van der Waals surface area contributed by atoms with E-state index in [0.29, 0.717) is 29.7 Å². The molecule has 1 fully saturated rings. The monoisotopic (exact) mass is 494 g/mol. The first-order valence-corrected chi connectivity index (χ1v) is 13.0. The van der Waals surface area contributed by atoms with E-state index in [9.17, 15) is 9.59 Å². The van der Waals surface area contributed by atoms with E-state index in [0.717, 1.165) is 34.5 Å². The van der Waals surface area contributed by atoms with Gasteiger partial charge < -0.3 is 9.32 Å². The van der Waals surface area contributed by atoms with Crippen molar-refractivity contribution >= 4 is 50.6 Å². The summed E-state index contributed by atoms with van der Waals surface area (Å²) in [5.41, 5.74) is 2.03. The zero-order chi connectivity index (χ0) is 23.9. The van der Waals surface area contributed by atoms with Crippen molar-refractivity contribution in [2.75, 3.05) is 18.4 Å². The predicted octanol–water partition coefficient (Wildman–Crippen LogP) is 5.92. The van der Waals surface area contributed by atoms with E-state index in [4.69, 9.17) is 4.42 Å². The average molecular weight is 495 g/mol. The number of thiazole rings is 2. The minimum Gasteiger partial charge on any atom is -0.451 e. The molecule has 2 amide bonds. The number of para-hydroxylation sites is 1. The molecule has 0 spiro atoms. The molecule has 176 valence electrons. The van der Waals surface area contributed by atoms with E-state index in [2.05, 4.69) is 36.1 Å². The van der Waals surface area contributed by atoms with Crippen LogP contribution >= 0.6 is 22.7 Å². The number of furan rings is 1. The zero-order valence-corrected chi connectivity index (χ0v) is 21.0. The molecule has 0 unspecified atom stereocenters. The van der Waals surface area contributed by atoms with Crippen molar-refractivity contribution in [3.63, 3.8) is 0 Å². The normalized spacial score (nSPS) is 15.1. The second-order valence-corrected chi connectivity index (χ2v) is 11.3. The van der Waals surface area contributed by atoms with Gasteiger partial charge in [0.1, 0.15) is 11.3 Å². The third kappa shape index (κ3) is 4.63. The van der Waals surface area contributed by atoms with Crippen LogP contribution < -0.4 is 5.32 Å². The fourth-order valence-corrected chi connectivity index (χ4v) is 5.89. The first kappa shape index (κ1) is 22.7. The van der Waals surface area contributed by atoms with Crippen molar-refractivity contribution in [3.8, 4) is 0 Å². The fourth-order valence-electron chi connectivity index (χ4n) is 3.99. The molecule has 0 bridgehead atoms. The lowest BCUT2D eigenvalue weighted by atomic mass is 9.93. The quantitative estimate of drug-likeness (QED) is 0.381. The van der Waals surface area contributed by atoms with Crippen LogP contribution in [-0.4, -0.2) is 39.8 Å². The van der Waals surface area contributed by atoms with Gasteiger partial charge in [-0.2, -0.15) is 0 Å². The van der Waals surface area contributed by atoms with E-state index in [1.807, 2.05) is 40.6 Å². The number of piperidine rings is 1. The summed E-state index contributed by atoms with van der Waals surface area (Å²) in [5.74, 6) is 0.296. The van der Waals surface area contributed by atoms with Gasteiger partial charge in [0.2, 0.25) is 0 Å². The molecule has 0 radical (unpaired) electrons. The van der Waals surface area contributed by atoms with Crippen LogP contribution in [0.4, 0.5) is 5.13 Å². The summed E-state index contributed by atoms with van der Waals surface area (Å²) in [5, 5.41) is 9.10. The van der Waals surface area contributed by atoms with Gasteiger partial charge in [0, 0.05) is 40.6 Å². The van der Waals surface area contributed by atoms with Gasteiger partial charge in [-0.15, -0.1) is 22.7 Å². The Morgan fingerprint density at radius 2 is 1.85 bits per heavy atom. The maximum atomic E-state index is 12.9. The highest BCUT2D eigenvalue weighted by molar-refractivity contribution is 7.14. The SMILES string of the molecule is CC(C)(C)c1csc(NC(=O)c2csc(C3CCN(C(=O)c4cc5ccccc5o4)CC3)n2)n1. The molecule has 9 heteroatoms. The van der Waals surface area contributed by atoms with Crippen molar-refractivity contribution in [2.45, 2.75) is 44.9 Å². The summed E-state index contributed by atoms with van der Waals surface area (Å²) in [7, 11) is 0. The molecule has 7 nitrogen and oxygen atoms in total. The molecule has 1 saturated heterocycles. The summed E-state index contributed by atoms with van der Waals surface area (Å²) in [6, 6.07) is 9.44. The van der Waals surface area contributed by atoms with Crippen LogP contribution in [0.1, 0.15) is 71.3 Å². The zero-order valence-electron chi connectivity index (χ0n) is 19.3. The average Bonchev–Trinajstić information content (AvgIpc) is 3.57. The number of nitrogens with one attached hydrogen (secondary N) is 1. The number of carbonyl (C=O) groups is 2. The number of anilines is 1. The molecule has 0 aliphatic carbocycles. The number of nitrogens with zero attached hydrogens (tertiary/aromatic N) is 3. The Labute approximate surface area is 205 Å². The molecule has 0 saturated carbocycles. The minimum absolute atomic E-state index is 0.0616. The van der Waals surface area contributed by atoms with Crippen LogP contribution in [0.25, 0.3) is 11.0 Å². The first-order chi connectivity index (χ1) is 16.3. The smallest absolute Gasteiger partial charge is 0.289 e. The number of hydrogen-bond acceptors (Lipinski definition) is 7. The summed E-state index contributed by atoms with van der Waals surface area (Å²) >= 11 is 2.93. The van der Waals surface area contributed by atoms with Gasteiger partial charge in [-0.05, 0) is 25.0 Å². The summed E-state index contributed by atoms with van der Waals surface area (Å²) in [4.78, 5) is 36.5. The highest BCUT2D eigenvalue weighted by Crippen LogP contribution is 2.32. The second-order valence-electron chi connectivity index (χ2n) is 9.53. The molecule has 4 aromatic rings. The Morgan fingerprint density at radius 1 is 1.09 bits per heavy atom. The molecule has 0 atom stereocenters. The molecule has 4 heterocycles. The Kier molecular flexibility index (Phi) is 5.99. The van der Waals surface area contributed by atoms with Crippen LogP contribution in [0, 0.1) is 0 Å². The lowest BCUT2D eigenvalue weighted by Gasteiger charge is -2.30. The van der Waals surface area contributed by atoms with Gasteiger partial charge in [-0.1, -0.05) is 39.0 Å². The van der Waals surface area contributed by atoms with Gasteiger partial charge in [0.25, 0.3) is 11.8 Å². The van der Waals surface area contributed by atoms with Crippen molar-refractivity contribution < 1.29 is 14.0 Å². The Bertz CT molecular complexity index is 1310. The third-order valence-electron chi connectivity index (χ3n) is 6.02. The maximum absolute atomic E-state index is 12.9. The van der Waals surface area contributed by atoms with Gasteiger partial charge in [-0.25, -0.2) is 9.97 Å². The van der Waals surface area contributed by atoms with Crippen molar-refractivity contribution in [3.05, 3.63) is 63.2 Å². The molecule has 5 rings (SSSR count). The summed E-state index contributed by atoms with van der Waals surface area (Å²) < 4.78 is 5.74. The van der Waals surface area contributed by atoms with Crippen LogP contribution in [0.15, 0.2) is 45.5 Å². The molecule has 1 N–H and O–H groups in total. The van der Waals surface area contributed by atoms with Crippen LogP contribution in [-0.2, 0) is 5.41 Å². The summed E-state index contributed by atoms with van der Waals surface area (Å²) in [6.45, 7) is 7.55. The van der Waals surface area contributed by atoms with Crippen molar-refractivity contribution in [1.82, 2.24) is 14.9 Å². The van der Waals surface area contributed by atoms with Gasteiger partial charge in [0.05, 0.1) is 10.7 Å². The highest BCUT2D eigenvalue weighted by Gasteiger charge is 2.28. The number of benzene rings is 1. The van der Waals surface area contributed by atoms with Gasteiger partial charge in [-0.3, -0.25) is 14.9 Å². The van der Waals surface area contributed by atoms with E-state index < -0.39 is 0 Å². The number of carbonyl (C=O) groups excluding carboxylic acids is 2. The van der Waals surface area contributed by atoms with Crippen molar-refractivity contribution in [1.29, 1.82) is 0 Å². The van der Waals surface area contributed by atoms with Crippen molar-refractivity contribution in [2.24, 2.45) is 0 Å². The standard InChI is InChI=1S/C25H26N4O3S2/c1-25(2,3)20-14-34-24(27-20)28-21(30)17-13-33-22(26-17)15-8-10-29(11-9-15)23(31)19-12-16-6-4-5-7-18(16)32-19/h4-7,12-15H,8-11H2,1-3H3,(H,27,28,30). The Balaban J connectivity index is 1.19. The number of rotatable bonds is 4. The minimum atomic E-state index is -0.241. The fraction of sp³-hybridized carbons (Fsp3) is 0.360. The third-order valence-corrected chi connectivity index (χ3v) is 7.78. The molecule has 1 aromatic carbocycles. The predicted molar refractivity (Wildman–Crippen MR) is 135 cm³/mol. The van der Waals surface area contributed by atoms with Crippen LogP contribution in [0.2, 0.25) is 0 Å².